The van der Waals surface area contributed by atoms with Crippen LogP contribution in [0.15, 0.2) is 24.3 Å². The highest BCUT2D eigenvalue weighted by atomic mass is 16.4. The van der Waals surface area contributed by atoms with Crippen molar-refractivity contribution in [2.24, 2.45) is 0 Å². The Hall–Kier alpha value is -2.08. The fraction of sp³-hybridized carbons (Fsp3) is 0.167. The monoisotopic (exact) mass is 201 g/mol. The summed E-state index contributed by atoms with van der Waals surface area (Å²) in [6.07, 6.45) is 3.17. The summed E-state index contributed by atoms with van der Waals surface area (Å²) in [5.74, 6) is -0.878. The quantitative estimate of drug-likeness (QED) is 0.816. The molecule has 0 aromatic heterocycles. The molecule has 0 unspecified atom stereocenters. The molecule has 0 aliphatic rings. The van der Waals surface area contributed by atoms with Crippen LogP contribution in [0.5, 0.6) is 0 Å². The van der Waals surface area contributed by atoms with Crippen LogP contribution in [0.25, 0.3) is 6.08 Å². The largest absolute Gasteiger partial charge is 0.481 e. The number of rotatable bonds is 3. The molecule has 0 amide bonds. The molecule has 1 N–H and O–H groups in total. The van der Waals surface area contributed by atoms with Gasteiger partial charge in [-0.2, -0.15) is 5.26 Å². The zero-order valence-corrected chi connectivity index (χ0v) is 8.40. The fourth-order valence-corrected chi connectivity index (χ4v) is 1.20. The van der Waals surface area contributed by atoms with Gasteiger partial charge in [-0.1, -0.05) is 24.3 Å². The van der Waals surface area contributed by atoms with Gasteiger partial charge in [0, 0.05) is 0 Å². The minimum absolute atomic E-state index is 0.0290. The van der Waals surface area contributed by atoms with Crippen molar-refractivity contribution >= 4 is 12.0 Å². The normalized spacial score (nSPS) is 10.1. The molecule has 0 saturated heterocycles. The Labute approximate surface area is 88.3 Å². The summed E-state index contributed by atoms with van der Waals surface area (Å²) in [6, 6.07) is 7.56. The third kappa shape index (κ3) is 3.28. The number of benzene rings is 1. The standard InChI is InChI=1S/C12H11NO2/c1-9-5-6-10(11(7-9)8-13)3-2-4-12(14)15/h2-3,5-7H,4H2,1H3,(H,14,15). The first-order chi connectivity index (χ1) is 7.13. The molecule has 1 aromatic rings. The average Bonchev–Trinajstić information content (AvgIpc) is 2.19. The second-order valence-electron chi connectivity index (χ2n) is 3.20. The zero-order chi connectivity index (χ0) is 11.3. The van der Waals surface area contributed by atoms with E-state index in [0.717, 1.165) is 11.1 Å². The summed E-state index contributed by atoms with van der Waals surface area (Å²) in [4.78, 5) is 10.3. The van der Waals surface area contributed by atoms with Gasteiger partial charge in [-0.15, -0.1) is 0 Å². The number of carbonyl (C=O) groups is 1. The van der Waals surface area contributed by atoms with E-state index >= 15 is 0 Å². The number of aryl methyl sites for hydroxylation is 1. The Bertz CT molecular complexity index is 441. The maximum atomic E-state index is 10.3. The highest BCUT2D eigenvalue weighted by Gasteiger charge is 1.98. The summed E-state index contributed by atoms with van der Waals surface area (Å²) in [7, 11) is 0. The van der Waals surface area contributed by atoms with Gasteiger partial charge in [0.2, 0.25) is 0 Å². The number of carboxylic acids is 1. The molecule has 0 fully saturated rings. The van der Waals surface area contributed by atoms with Crippen LogP contribution in [0.1, 0.15) is 23.1 Å². The van der Waals surface area contributed by atoms with Gasteiger partial charge >= 0.3 is 5.97 Å². The highest BCUT2D eigenvalue weighted by Crippen LogP contribution is 2.12. The van der Waals surface area contributed by atoms with Crippen molar-refractivity contribution in [1.82, 2.24) is 0 Å². The molecular weight excluding hydrogens is 190 g/mol. The highest BCUT2D eigenvalue weighted by molar-refractivity contribution is 5.71. The van der Waals surface area contributed by atoms with Gasteiger partial charge in [0.1, 0.15) is 0 Å². The van der Waals surface area contributed by atoms with Gasteiger partial charge in [-0.25, -0.2) is 0 Å². The lowest BCUT2D eigenvalue weighted by atomic mass is 10.0. The summed E-state index contributed by atoms with van der Waals surface area (Å²) >= 11 is 0. The predicted molar refractivity (Wildman–Crippen MR) is 57.2 cm³/mol. The van der Waals surface area contributed by atoms with Crippen LogP contribution in [0.2, 0.25) is 0 Å². The Kier molecular flexibility index (Phi) is 3.64. The SMILES string of the molecule is Cc1ccc(C=CCC(=O)O)c(C#N)c1. The number of nitrogens with zero attached hydrogens (tertiary/aromatic N) is 1. The van der Waals surface area contributed by atoms with Gasteiger partial charge in [0.15, 0.2) is 0 Å². The molecule has 3 heteroatoms. The maximum absolute atomic E-state index is 10.3. The maximum Gasteiger partial charge on any atom is 0.307 e. The summed E-state index contributed by atoms with van der Waals surface area (Å²) in [5.41, 5.74) is 2.34. The molecule has 0 heterocycles. The first-order valence-electron chi connectivity index (χ1n) is 4.52. The van der Waals surface area contributed by atoms with Crippen molar-refractivity contribution < 1.29 is 9.90 Å². The molecule has 3 nitrogen and oxygen atoms in total. The van der Waals surface area contributed by atoms with Crippen LogP contribution >= 0.6 is 0 Å². The van der Waals surface area contributed by atoms with Gasteiger partial charge < -0.3 is 5.11 Å². The Balaban J connectivity index is 2.91. The molecule has 76 valence electrons. The topological polar surface area (TPSA) is 61.1 Å². The third-order valence-electron chi connectivity index (χ3n) is 1.92. The van der Waals surface area contributed by atoms with Crippen molar-refractivity contribution in [3.8, 4) is 6.07 Å². The van der Waals surface area contributed by atoms with Crippen molar-refractivity contribution in [2.45, 2.75) is 13.3 Å². The van der Waals surface area contributed by atoms with E-state index in [4.69, 9.17) is 10.4 Å². The van der Waals surface area contributed by atoms with E-state index < -0.39 is 5.97 Å². The van der Waals surface area contributed by atoms with Crippen LogP contribution in [0.4, 0.5) is 0 Å². The van der Waals surface area contributed by atoms with E-state index in [0.29, 0.717) is 5.56 Å². The number of nitriles is 1. The number of aliphatic carboxylic acids is 1. The summed E-state index contributed by atoms with van der Waals surface area (Å²) in [6.45, 7) is 1.91. The van der Waals surface area contributed by atoms with Crippen molar-refractivity contribution in [3.05, 3.63) is 41.0 Å². The van der Waals surface area contributed by atoms with Gasteiger partial charge in [0.05, 0.1) is 18.1 Å². The molecule has 1 aromatic carbocycles. The van der Waals surface area contributed by atoms with Crippen molar-refractivity contribution in [2.75, 3.05) is 0 Å². The average molecular weight is 201 g/mol. The lowest BCUT2D eigenvalue weighted by Gasteiger charge is -1.98. The van der Waals surface area contributed by atoms with E-state index in [2.05, 4.69) is 6.07 Å². The molecule has 0 radical (unpaired) electrons. The van der Waals surface area contributed by atoms with Gasteiger partial charge in [-0.3, -0.25) is 4.79 Å². The molecule has 15 heavy (non-hydrogen) atoms. The van der Waals surface area contributed by atoms with E-state index in [-0.39, 0.29) is 6.42 Å². The molecule has 0 atom stereocenters. The second-order valence-corrected chi connectivity index (χ2v) is 3.20. The zero-order valence-electron chi connectivity index (χ0n) is 8.40. The predicted octanol–water partition coefficient (Wildman–Crippen LogP) is 2.35. The van der Waals surface area contributed by atoms with Crippen LogP contribution in [-0.4, -0.2) is 11.1 Å². The molecule has 0 aliphatic heterocycles. The fourth-order valence-electron chi connectivity index (χ4n) is 1.20. The molecule has 0 spiro atoms. The van der Waals surface area contributed by atoms with Crippen LogP contribution in [0, 0.1) is 18.3 Å². The van der Waals surface area contributed by atoms with E-state index in [1.807, 2.05) is 19.1 Å². The Morgan fingerprint density at radius 3 is 2.93 bits per heavy atom. The minimum Gasteiger partial charge on any atom is -0.481 e. The third-order valence-corrected chi connectivity index (χ3v) is 1.92. The Morgan fingerprint density at radius 1 is 1.60 bits per heavy atom. The minimum atomic E-state index is -0.878. The van der Waals surface area contributed by atoms with E-state index in [9.17, 15) is 4.79 Å². The number of hydrogen-bond acceptors (Lipinski definition) is 2. The van der Waals surface area contributed by atoms with Gasteiger partial charge in [0.25, 0.3) is 0 Å². The van der Waals surface area contributed by atoms with Gasteiger partial charge in [-0.05, 0) is 24.1 Å². The molecule has 0 saturated carbocycles. The van der Waals surface area contributed by atoms with Crippen molar-refractivity contribution in [1.29, 1.82) is 5.26 Å². The van der Waals surface area contributed by atoms with E-state index in [1.54, 1.807) is 12.1 Å². The molecule has 0 bridgehead atoms. The lowest BCUT2D eigenvalue weighted by Crippen LogP contribution is -1.90. The van der Waals surface area contributed by atoms with Crippen molar-refractivity contribution in [3.63, 3.8) is 0 Å². The first kappa shape index (κ1) is 11.0. The molecule has 0 aliphatic carbocycles. The smallest absolute Gasteiger partial charge is 0.307 e. The van der Waals surface area contributed by atoms with Crippen LogP contribution in [0.3, 0.4) is 0 Å². The van der Waals surface area contributed by atoms with Crippen LogP contribution in [-0.2, 0) is 4.79 Å². The second kappa shape index (κ2) is 4.97. The summed E-state index contributed by atoms with van der Waals surface area (Å²) in [5, 5.41) is 17.3. The first-order valence-corrected chi connectivity index (χ1v) is 4.52. The molecule has 1 rings (SSSR count). The summed E-state index contributed by atoms with van der Waals surface area (Å²) < 4.78 is 0. The van der Waals surface area contributed by atoms with E-state index in [1.165, 1.54) is 6.08 Å². The molecular formula is C12H11NO2. The lowest BCUT2D eigenvalue weighted by molar-refractivity contribution is -0.135. The number of hydrogen-bond donors (Lipinski definition) is 1. The Morgan fingerprint density at radius 2 is 2.33 bits per heavy atom. The van der Waals surface area contributed by atoms with Crippen LogP contribution < -0.4 is 0 Å². The number of carboxylic acid groups (broad SMARTS) is 1.